The highest BCUT2D eigenvalue weighted by atomic mass is 16.5. The highest BCUT2D eigenvalue weighted by molar-refractivity contribution is 6.62. The molecule has 2 aromatic rings. The van der Waals surface area contributed by atoms with Crippen molar-refractivity contribution in [2.75, 3.05) is 6.61 Å². The summed E-state index contributed by atoms with van der Waals surface area (Å²) in [5.41, 5.74) is 4.84. The molecule has 0 radical (unpaired) electrons. The molecule has 30 heavy (non-hydrogen) atoms. The Kier molecular flexibility index (Phi) is 6.95. The first-order valence-electron chi connectivity index (χ1n) is 10.2. The predicted octanol–water partition coefficient (Wildman–Crippen LogP) is 2.06. The number of aryl methyl sites for hydroxylation is 1. The van der Waals surface area contributed by atoms with Crippen molar-refractivity contribution in [3.05, 3.63) is 64.2 Å². The lowest BCUT2D eigenvalue weighted by molar-refractivity contribution is -0.147. The van der Waals surface area contributed by atoms with E-state index in [0.717, 1.165) is 11.1 Å². The predicted molar refractivity (Wildman–Crippen MR) is 116 cm³/mol. The van der Waals surface area contributed by atoms with E-state index in [0.29, 0.717) is 29.6 Å². The number of hydrogen-bond donors (Lipinski definition) is 2. The minimum Gasteiger partial charge on any atom is -0.464 e. The molecule has 0 bridgehead atoms. The fourth-order valence-electron chi connectivity index (χ4n) is 3.58. The molecular formula is C23H28BNO5. The van der Waals surface area contributed by atoms with Crippen molar-refractivity contribution in [2.24, 2.45) is 5.92 Å². The first kappa shape index (κ1) is 22.1. The summed E-state index contributed by atoms with van der Waals surface area (Å²) in [5.74, 6) is -0.958. The Labute approximate surface area is 177 Å². The van der Waals surface area contributed by atoms with Crippen LogP contribution in [0.25, 0.3) is 0 Å². The standard InChI is InChI=1S/C23H28BNO5/c1-14(2)21(23(27)29-12-11-17-7-5-15(3)6-8-17)25-22(26)19-10-9-18-13-30-24(28)20(18)16(19)4/h5-10,14,21,28H,11-13H2,1-4H3,(H,25,26)/t21-/m0/s1. The average molecular weight is 409 g/mol. The molecule has 1 amide bonds. The zero-order chi connectivity index (χ0) is 21.8. The number of nitrogens with one attached hydrogen (secondary N) is 1. The maximum Gasteiger partial charge on any atom is 0.492 e. The minimum atomic E-state index is -1.03. The van der Waals surface area contributed by atoms with Crippen molar-refractivity contribution in [1.29, 1.82) is 0 Å². The van der Waals surface area contributed by atoms with Crippen molar-refractivity contribution in [2.45, 2.75) is 46.8 Å². The Morgan fingerprint density at radius 1 is 1.17 bits per heavy atom. The molecule has 158 valence electrons. The molecule has 0 aromatic heterocycles. The van der Waals surface area contributed by atoms with Crippen molar-refractivity contribution in [3.8, 4) is 0 Å². The van der Waals surface area contributed by atoms with Crippen molar-refractivity contribution in [1.82, 2.24) is 5.32 Å². The van der Waals surface area contributed by atoms with E-state index >= 15 is 0 Å². The quantitative estimate of drug-likeness (QED) is 0.540. The molecule has 1 heterocycles. The van der Waals surface area contributed by atoms with E-state index in [-0.39, 0.29) is 18.4 Å². The third kappa shape index (κ3) is 4.91. The van der Waals surface area contributed by atoms with E-state index in [9.17, 15) is 14.6 Å². The number of hydrogen-bond acceptors (Lipinski definition) is 5. The highest BCUT2D eigenvalue weighted by Gasteiger charge is 2.32. The van der Waals surface area contributed by atoms with Crippen LogP contribution in [0.2, 0.25) is 0 Å². The van der Waals surface area contributed by atoms with E-state index in [1.807, 2.05) is 45.0 Å². The molecule has 0 aliphatic carbocycles. The molecule has 1 aliphatic heterocycles. The molecule has 7 heteroatoms. The molecule has 0 saturated heterocycles. The summed E-state index contributed by atoms with van der Waals surface area (Å²) in [7, 11) is -1.03. The Morgan fingerprint density at radius 2 is 1.87 bits per heavy atom. The van der Waals surface area contributed by atoms with Gasteiger partial charge in [-0.25, -0.2) is 4.79 Å². The van der Waals surface area contributed by atoms with E-state index in [4.69, 9.17) is 9.39 Å². The molecule has 0 spiro atoms. The summed E-state index contributed by atoms with van der Waals surface area (Å²) in [4.78, 5) is 25.5. The number of amides is 1. The first-order chi connectivity index (χ1) is 14.3. The van der Waals surface area contributed by atoms with Crippen LogP contribution in [0, 0.1) is 19.8 Å². The van der Waals surface area contributed by atoms with Crippen molar-refractivity contribution in [3.63, 3.8) is 0 Å². The summed E-state index contributed by atoms with van der Waals surface area (Å²) in [5, 5.41) is 12.8. The molecule has 6 nitrogen and oxygen atoms in total. The summed E-state index contributed by atoms with van der Waals surface area (Å²) in [6.45, 7) is 8.09. The van der Waals surface area contributed by atoms with E-state index in [1.54, 1.807) is 19.1 Å². The van der Waals surface area contributed by atoms with E-state index in [2.05, 4.69) is 5.32 Å². The molecule has 0 unspecified atom stereocenters. The van der Waals surface area contributed by atoms with Gasteiger partial charge in [-0.05, 0) is 48.0 Å². The van der Waals surface area contributed by atoms with Crippen LogP contribution in [0.5, 0.6) is 0 Å². The van der Waals surface area contributed by atoms with E-state index in [1.165, 1.54) is 5.56 Å². The first-order valence-corrected chi connectivity index (χ1v) is 10.2. The maximum atomic E-state index is 12.9. The summed E-state index contributed by atoms with van der Waals surface area (Å²) in [6, 6.07) is 10.8. The zero-order valence-corrected chi connectivity index (χ0v) is 17.9. The molecule has 1 aliphatic rings. The number of carbonyl (C=O) groups is 2. The van der Waals surface area contributed by atoms with Crippen molar-refractivity contribution >= 4 is 24.5 Å². The highest BCUT2D eigenvalue weighted by Crippen LogP contribution is 2.17. The number of carbonyl (C=O) groups excluding carboxylic acids is 2. The van der Waals surface area contributed by atoms with E-state index < -0.39 is 19.1 Å². The van der Waals surface area contributed by atoms with Gasteiger partial charge in [-0.1, -0.05) is 49.7 Å². The van der Waals surface area contributed by atoms with Gasteiger partial charge >= 0.3 is 13.1 Å². The van der Waals surface area contributed by atoms with Crippen LogP contribution in [0.3, 0.4) is 0 Å². The fourth-order valence-corrected chi connectivity index (χ4v) is 3.58. The Hall–Kier alpha value is -2.64. The van der Waals surface area contributed by atoms with Crippen LogP contribution in [-0.4, -0.2) is 36.7 Å². The van der Waals surface area contributed by atoms with Crippen LogP contribution >= 0.6 is 0 Å². The van der Waals surface area contributed by atoms with Gasteiger partial charge in [0.05, 0.1) is 13.2 Å². The average Bonchev–Trinajstić information content (AvgIpc) is 3.09. The number of rotatable bonds is 7. The molecule has 2 aromatic carbocycles. The van der Waals surface area contributed by atoms with Crippen LogP contribution < -0.4 is 10.8 Å². The SMILES string of the molecule is Cc1ccc(CCOC(=O)[C@@H](NC(=O)c2ccc3c(c2C)B(O)OC3)C(C)C)cc1. The summed E-state index contributed by atoms with van der Waals surface area (Å²) < 4.78 is 10.7. The van der Waals surface area contributed by atoms with Gasteiger partial charge in [-0.15, -0.1) is 0 Å². The van der Waals surface area contributed by atoms with Gasteiger partial charge in [0.15, 0.2) is 0 Å². The number of ether oxygens (including phenoxy) is 1. The smallest absolute Gasteiger partial charge is 0.464 e. The van der Waals surface area contributed by atoms with Gasteiger partial charge in [0.2, 0.25) is 0 Å². The molecule has 0 saturated carbocycles. The third-order valence-electron chi connectivity index (χ3n) is 5.46. The Bertz CT molecular complexity index is 926. The third-order valence-corrected chi connectivity index (χ3v) is 5.46. The molecule has 2 N–H and O–H groups in total. The fraction of sp³-hybridized carbons (Fsp3) is 0.391. The lowest BCUT2D eigenvalue weighted by atomic mass is 9.75. The van der Waals surface area contributed by atoms with Crippen LogP contribution in [0.1, 0.15) is 46.5 Å². The van der Waals surface area contributed by atoms with Crippen molar-refractivity contribution < 1.29 is 24.0 Å². The second-order valence-corrected chi connectivity index (χ2v) is 8.07. The zero-order valence-electron chi connectivity index (χ0n) is 17.9. The normalized spacial score (nSPS) is 13.9. The second kappa shape index (κ2) is 9.45. The second-order valence-electron chi connectivity index (χ2n) is 8.07. The monoisotopic (exact) mass is 409 g/mol. The van der Waals surface area contributed by atoms with Crippen LogP contribution in [-0.2, 0) is 27.2 Å². The molecule has 0 fully saturated rings. The van der Waals surface area contributed by atoms with Gasteiger partial charge in [0.1, 0.15) is 6.04 Å². The molecule has 3 rings (SSSR count). The maximum absolute atomic E-state index is 12.9. The number of fused-ring (bicyclic) bond motifs is 1. The Balaban J connectivity index is 1.63. The summed E-state index contributed by atoms with van der Waals surface area (Å²) in [6.07, 6.45) is 0.618. The van der Waals surface area contributed by atoms with Gasteiger partial charge in [-0.2, -0.15) is 0 Å². The topological polar surface area (TPSA) is 84.9 Å². The van der Waals surface area contributed by atoms with Gasteiger partial charge < -0.3 is 19.7 Å². The van der Waals surface area contributed by atoms with Gasteiger partial charge in [0.25, 0.3) is 5.91 Å². The lowest BCUT2D eigenvalue weighted by Gasteiger charge is -2.22. The lowest BCUT2D eigenvalue weighted by Crippen LogP contribution is -2.46. The van der Waals surface area contributed by atoms with Crippen LogP contribution in [0.4, 0.5) is 0 Å². The molecule has 1 atom stereocenters. The number of esters is 1. The number of benzene rings is 2. The summed E-state index contributed by atoms with van der Waals surface area (Å²) >= 11 is 0. The molecular weight excluding hydrogens is 381 g/mol. The van der Waals surface area contributed by atoms with Crippen LogP contribution in [0.15, 0.2) is 36.4 Å². The Morgan fingerprint density at radius 3 is 2.53 bits per heavy atom. The minimum absolute atomic E-state index is 0.135. The largest absolute Gasteiger partial charge is 0.492 e. The van der Waals surface area contributed by atoms with Gasteiger partial charge in [-0.3, -0.25) is 4.79 Å². The van der Waals surface area contributed by atoms with Gasteiger partial charge in [0, 0.05) is 12.0 Å².